The van der Waals surface area contributed by atoms with Crippen molar-refractivity contribution in [2.45, 2.75) is 33.6 Å². The van der Waals surface area contributed by atoms with Crippen molar-refractivity contribution in [1.29, 1.82) is 0 Å². The number of carboxylic acid groups (broad SMARTS) is 1. The van der Waals surface area contributed by atoms with Crippen LogP contribution in [0.3, 0.4) is 0 Å². The maximum atomic E-state index is 11.6. The van der Waals surface area contributed by atoms with Gasteiger partial charge in [-0.3, -0.25) is 4.79 Å². The lowest BCUT2D eigenvalue weighted by Crippen LogP contribution is -2.72. The molecule has 0 radical (unpaired) electrons. The summed E-state index contributed by atoms with van der Waals surface area (Å²) in [6, 6.07) is 14.9. The van der Waals surface area contributed by atoms with Crippen LogP contribution in [0.1, 0.15) is 50.4 Å². The van der Waals surface area contributed by atoms with E-state index < -0.39 is 11.9 Å². The number of nitrogens with two attached hydrogens (primary N) is 2. The molecule has 0 aliphatic carbocycles. The molecule has 8 nitrogen and oxygen atoms in total. The zero-order valence-electron chi connectivity index (χ0n) is 22.4. The van der Waals surface area contributed by atoms with E-state index in [0.717, 1.165) is 42.4 Å². The molecule has 1 aromatic heterocycles. The van der Waals surface area contributed by atoms with Crippen molar-refractivity contribution in [1.82, 2.24) is 4.37 Å². The van der Waals surface area contributed by atoms with Gasteiger partial charge in [-0.05, 0) is 59.4 Å². The average molecular weight is 536 g/mol. The smallest absolute Gasteiger partial charge is 0.312 e. The van der Waals surface area contributed by atoms with E-state index in [1.165, 1.54) is 11.5 Å². The predicted octanol–water partition coefficient (Wildman–Crippen LogP) is 5.06. The number of aromatic hydroxyl groups is 1. The first-order chi connectivity index (χ1) is 18.2. The second kappa shape index (κ2) is 10.9. The summed E-state index contributed by atoms with van der Waals surface area (Å²) >= 11 is 1.39. The summed E-state index contributed by atoms with van der Waals surface area (Å²) in [7, 11) is 0. The molecule has 3 aromatic rings. The molecule has 3 heterocycles. The van der Waals surface area contributed by atoms with E-state index in [2.05, 4.69) is 20.2 Å². The SMILES string of the molecule is CC.CC(C)C(C(=O)O)c1cc(N2CC3(CN(c4ccc(/C=C(\N)c5ccccc5O)c(N)c4)C3)C2)sn1. The molecule has 0 bridgehead atoms. The van der Waals surface area contributed by atoms with Gasteiger partial charge in [-0.25, -0.2) is 0 Å². The lowest BCUT2D eigenvalue weighted by atomic mass is 9.72. The monoisotopic (exact) mass is 535 g/mol. The molecule has 2 saturated heterocycles. The fourth-order valence-corrected chi connectivity index (χ4v) is 6.03. The average Bonchev–Trinajstić information content (AvgIpc) is 3.29. The van der Waals surface area contributed by atoms with Gasteiger partial charge in [0.1, 0.15) is 16.7 Å². The van der Waals surface area contributed by atoms with E-state index in [-0.39, 0.29) is 17.1 Å². The fraction of sp³-hybridized carbons (Fsp3) is 0.379. The number of hydrogen-bond acceptors (Lipinski definition) is 8. The molecular weight excluding hydrogens is 498 g/mol. The predicted molar refractivity (Wildman–Crippen MR) is 157 cm³/mol. The van der Waals surface area contributed by atoms with Gasteiger partial charge in [0.2, 0.25) is 0 Å². The van der Waals surface area contributed by atoms with Crippen LogP contribution in [0.4, 0.5) is 16.4 Å². The molecule has 202 valence electrons. The Morgan fingerprint density at radius 2 is 1.74 bits per heavy atom. The van der Waals surface area contributed by atoms with Gasteiger partial charge in [0.05, 0.1) is 5.69 Å². The number of rotatable bonds is 7. The summed E-state index contributed by atoms with van der Waals surface area (Å²) in [5.41, 5.74) is 17.0. The van der Waals surface area contributed by atoms with Crippen LogP contribution in [0.5, 0.6) is 5.75 Å². The maximum Gasteiger partial charge on any atom is 0.312 e. The minimum Gasteiger partial charge on any atom is -0.507 e. The van der Waals surface area contributed by atoms with Crippen LogP contribution in [0, 0.1) is 11.3 Å². The number of para-hydroxylation sites is 1. The molecule has 38 heavy (non-hydrogen) atoms. The number of aromatic nitrogens is 1. The van der Waals surface area contributed by atoms with Gasteiger partial charge in [0.15, 0.2) is 0 Å². The number of anilines is 3. The number of carbonyl (C=O) groups is 1. The highest BCUT2D eigenvalue weighted by Gasteiger charge is 2.52. The van der Waals surface area contributed by atoms with E-state index in [0.29, 0.717) is 22.6 Å². The van der Waals surface area contributed by atoms with Gasteiger partial charge in [0.25, 0.3) is 0 Å². The van der Waals surface area contributed by atoms with Crippen molar-refractivity contribution in [3.8, 4) is 5.75 Å². The Morgan fingerprint density at radius 1 is 1.08 bits per heavy atom. The second-order valence-electron chi connectivity index (χ2n) is 10.3. The Morgan fingerprint density at radius 3 is 2.34 bits per heavy atom. The number of nitrogen functional groups attached to an aromatic ring is 1. The van der Waals surface area contributed by atoms with Gasteiger partial charge in [0, 0.05) is 54.2 Å². The van der Waals surface area contributed by atoms with E-state index in [1.807, 2.05) is 52.0 Å². The highest BCUT2D eigenvalue weighted by molar-refractivity contribution is 7.10. The highest BCUT2D eigenvalue weighted by atomic mass is 32.1. The van der Waals surface area contributed by atoms with Gasteiger partial charge in [-0.15, -0.1) is 0 Å². The van der Waals surface area contributed by atoms with Crippen LogP contribution in [-0.2, 0) is 4.79 Å². The van der Waals surface area contributed by atoms with Gasteiger partial charge in [-0.2, -0.15) is 4.37 Å². The summed E-state index contributed by atoms with van der Waals surface area (Å²) < 4.78 is 4.45. The van der Waals surface area contributed by atoms with E-state index >= 15 is 0 Å². The van der Waals surface area contributed by atoms with Gasteiger partial charge in [-0.1, -0.05) is 45.9 Å². The van der Waals surface area contributed by atoms with Crippen molar-refractivity contribution >= 4 is 45.7 Å². The Hall–Kier alpha value is -3.72. The summed E-state index contributed by atoms with van der Waals surface area (Å²) in [5, 5.41) is 20.6. The zero-order chi connectivity index (χ0) is 27.6. The lowest BCUT2D eigenvalue weighted by molar-refractivity contribution is -0.139. The number of phenols is 1. The van der Waals surface area contributed by atoms with E-state index in [9.17, 15) is 15.0 Å². The Kier molecular flexibility index (Phi) is 7.87. The normalized spacial score (nSPS) is 16.9. The first-order valence-electron chi connectivity index (χ1n) is 13.0. The van der Waals surface area contributed by atoms with Crippen LogP contribution >= 0.6 is 11.5 Å². The standard InChI is InChI=1S/C27H31N5O3S.C2H6/c1-16(2)25(26(34)35)22-11-24(36-30-22)32-14-27(15-32)12-31(13-27)18-8-7-17(20(28)10-18)9-21(29)19-5-3-4-6-23(19)33;1-2/h3-11,16,25,33H,12-15,28-29H2,1-2H3,(H,34,35);1-2H3/b21-9-;. The Balaban J connectivity index is 0.00000164. The number of nitrogens with zero attached hydrogens (tertiary/aromatic N) is 3. The van der Waals surface area contributed by atoms with Crippen molar-refractivity contribution in [3.05, 3.63) is 65.4 Å². The van der Waals surface area contributed by atoms with Crippen LogP contribution < -0.4 is 21.3 Å². The third kappa shape index (κ3) is 5.29. The molecule has 2 aliphatic rings. The molecule has 2 aromatic carbocycles. The topological polar surface area (TPSA) is 129 Å². The van der Waals surface area contributed by atoms with Crippen molar-refractivity contribution in [2.75, 3.05) is 41.7 Å². The minimum atomic E-state index is -0.821. The van der Waals surface area contributed by atoms with Crippen molar-refractivity contribution in [3.63, 3.8) is 0 Å². The third-order valence-electron chi connectivity index (χ3n) is 7.15. The number of aliphatic carboxylic acids is 1. The molecule has 0 amide bonds. The Labute approximate surface area is 228 Å². The van der Waals surface area contributed by atoms with E-state index in [4.69, 9.17) is 11.5 Å². The highest BCUT2D eigenvalue weighted by Crippen LogP contribution is 2.45. The first-order valence-corrected chi connectivity index (χ1v) is 13.8. The molecule has 5 rings (SSSR count). The molecule has 2 fully saturated rings. The quantitative estimate of drug-likeness (QED) is 0.244. The Bertz CT molecular complexity index is 1320. The van der Waals surface area contributed by atoms with Crippen molar-refractivity contribution < 1.29 is 15.0 Å². The number of carboxylic acids is 1. The van der Waals surface area contributed by atoms with Crippen LogP contribution in [0.25, 0.3) is 11.8 Å². The molecule has 2 aliphatic heterocycles. The molecule has 1 atom stereocenters. The largest absolute Gasteiger partial charge is 0.507 e. The lowest BCUT2D eigenvalue weighted by Gasteiger charge is -2.61. The number of benzene rings is 2. The zero-order valence-corrected chi connectivity index (χ0v) is 23.2. The molecule has 9 heteroatoms. The second-order valence-corrected chi connectivity index (χ2v) is 11.1. The third-order valence-corrected chi connectivity index (χ3v) is 8.01. The molecule has 6 N–H and O–H groups in total. The molecule has 1 spiro atoms. The number of hydrogen-bond donors (Lipinski definition) is 4. The minimum absolute atomic E-state index is 0.00313. The summed E-state index contributed by atoms with van der Waals surface area (Å²) in [5.74, 6) is -1.26. The summed E-state index contributed by atoms with van der Waals surface area (Å²) in [6.07, 6.45) is 1.78. The van der Waals surface area contributed by atoms with Crippen LogP contribution in [0.2, 0.25) is 0 Å². The molecular formula is C29H37N5O3S. The summed E-state index contributed by atoms with van der Waals surface area (Å²) in [4.78, 5) is 16.2. The number of phenolic OH excluding ortho intramolecular Hbond substituents is 1. The van der Waals surface area contributed by atoms with Crippen LogP contribution in [0.15, 0.2) is 48.5 Å². The van der Waals surface area contributed by atoms with Gasteiger partial charge < -0.3 is 31.5 Å². The molecule has 1 unspecified atom stereocenters. The van der Waals surface area contributed by atoms with Crippen LogP contribution in [-0.4, -0.2) is 46.7 Å². The maximum absolute atomic E-state index is 11.6. The van der Waals surface area contributed by atoms with E-state index in [1.54, 1.807) is 24.3 Å². The van der Waals surface area contributed by atoms with Gasteiger partial charge >= 0.3 is 5.97 Å². The summed E-state index contributed by atoms with van der Waals surface area (Å²) in [6.45, 7) is 11.6. The fourth-order valence-electron chi connectivity index (χ4n) is 5.25. The van der Waals surface area contributed by atoms with Crippen molar-refractivity contribution in [2.24, 2.45) is 17.1 Å². The first kappa shape index (κ1) is 27.3. The molecule has 0 saturated carbocycles.